The first-order valence-corrected chi connectivity index (χ1v) is 11.5. The summed E-state index contributed by atoms with van der Waals surface area (Å²) in [7, 11) is 3.01. The van der Waals surface area contributed by atoms with E-state index in [1.54, 1.807) is 55.5 Å². The number of ether oxygens (including phenoxy) is 4. The fraction of sp³-hybridized carbons (Fsp3) is 0.160. The van der Waals surface area contributed by atoms with Crippen molar-refractivity contribution >= 4 is 45.6 Å². The second kappa shape index (κ2) is 12.2. The zero-order valence-corrected chi connectivity index (χ0v) is 21.5. The van der Waals surface area contributed by atoms with Gasteiger partial charge in [0, 0.05) is 4.47 Å². The zero-order valence-electron chi connectivity index (χ0n) is 19.1. The molecule has 182 valence electrons. The standard InChI is InChI=1S/C25H22BrClN2O6/c1-4-34-22-12-15(14-28-29-24(30)19-13-17(26)7-10-21(19)33-3)11-20(27)23(22)35-25(31)16-5-8-18(32-2)9-6-16/h5-14H,4H2,1-3H3,(H,29,30)/b28-14-. The van der Waals surface area contributed by atoms with Gasteiger partial charge in [-0.3, -0.25) is 4.79 Å². The molecule has 0 saturated carbocycles. The number of hydrogen-bond donors (Lipinski definition) is 1. The molecule has 0 aliphatic heterocycles. The lowest BCUT2D eigenvalue weighted by Gasteiger charge is -2.13. The van der Waals surface area contributed by atoms with Crippen molar-refractivity contribution in [2.45, 2.75) is 6.92 Å². The van der Waals surface area contributed by atoms with Crippen LogP contribution in [0, 0.1) is 0 Å². The number of benzene rings is 3. The van der Waals surface area contributed by atoms with Gasteiger partial charge in [-0.05, 0) is 67.1 Å². The Morgan fingerprint density at radius 3 is 2.43 bits per heavy atom. The molecule has 0 radical (unpaired) electrons. The predicted octanol–water partition coefficient (Wildman–Crippen LogP) is 5.50. The number of amides is 1. The van der Waals surface area contributed by atoms with E-state index in [-0.39, 0.29) is 16.5 Å². The van der Waals surface area contributed by atoms with Crippen molar-refractivity contribution in [1.82, 2.24) is 5.43 Å². The molecule has 1 amide bonds. The smallest absolute Gasteiger partial charge is 0.343 e. The van der Waals surface area contributed by atoms with Gasteiger partial charge in [0.2, 0.25) is 0 Å². The van der Waals surface area contributed by atoms with E-state index in [9.17, 15) is 9.59 Å². The molecule has 3 aromatic carbocycles. The van der Waals surface area contributed by atoms with E-state index in [0.29, 0.717) is 34.8 Å². The van der Waals surface area contributed by atoms with Crippen molar-refractivity contribution in [1.29, 1.82) is 0 Å². The highest BCUT2D eigenvalue weighted by Crippen LogP contribution is 2.37. The number of esters is 1. The molecule has 0 heterocycles. The maximum absolute atomic E-state index is 12.6. The first-order chi connectivity index (χ1) is 16.9. The van der Waals surface area contributed by atoms with Crippen LogP contribution in [0.1, 0.15) is 33.2 Å². The fourth-order valence-electron chi connectivity index (χ4n) is 2.99. The van der Waals surface area contributed by atoms with Crippen LogP contribution in [0.25, 0.3) is 0 Å². The summed E-state index contributed by atoms with van der Waals surface area (Å²) in [5, 5.41) is 4.13. The van der Waals surface area contributed by atoms with Crippen LogP contribution in [0.15, 0.2) is 64.2 Å². The van der Waals surface area contributed by atoms with Crippen molar-refractivity contribution < 1.29 is 28.5 Å². The largest absolute Gasteiger partial charge is 0.497 e. The number of nitrogens with one attached hydrogen (secondary N) is 1. The molecule has 0 aromatic heterocycles. The van der Waals surface area contributed by atoms with Crippen LogP contribution in [0.5, 0.6) is 23.0 Å². The highest BCUT2D eigenvalue weighted by atomic mass is 79.9. The predicted molar refractivity (Wildman–Crippen MR) is 136 cm³/mol. The van der Waals surface area contributed by atoms with Crippen molar-refractivity contribution in [2.75, 3.05) is 20.8 Å². The van der Waals surface area contributed by atoms with Crippen LogP contribution >= 0.6 is 27.5 Å². The Bertz CT molecular complexity index is 1250. The lowest BCUT2D eigenvalue weighted by atomic mass is 10.2. The number of nitrogens with zero attached hydrogens (tertiary/aromatic N) is 1. The molecule has 0 spiro atoms. The molecule has 0 atom stereocenters. The molecule has 0 bridgehead atoms. The molecular weight excluding hydrogens is 540 g/mol. The van der Waals surface area contributed by atoms with Gasteiger partial charge in [-0.2, -0.15) is 5.10 Å². The van der Waals surface area contributed by atoms with E-state index in [1.807, 2.05) is 0 Å². The molecule has 1 N–H and O–H groups in total. The number of hydrogen-bond acceptors (Lipinski definition) is 7. The summed E-state index contributed by atoms with van der Waals surface area (Å²) in [6.07, 6.45) is 1.39. The second-order valence-electron chi connectivity index (χ2n) is 6.92. The van der Waals surface area contributed by atoms with Crippen LogP contribution in [0.2, 0.25) is 5.02 Å². The Balaban J connectivity index is 1.78. The minimum Gasteiger partial charge on any atom is -0.497 e. The van der Waals surface area contributed by atoms with Gasteiger partial charge in [0.15, 0.2) is 11.5 Å². The van der Waals surface area contributed by atoms with Gasteiger partial charge in [0.1, 0.15) is 11.5 Å². The number of rotatable bonds is 9. The first kappa shape index (κ1) is 26.1. The van der Waals surface area contributed by atoms with E-state index < -0.39 is 11.9 Å². The zero-order chi connectivity index (χ0) is 25.4. The fourth-order valence-corrected chi connectivity index (χ4v) is 3.61. The van der Waals surface area contributed by atoms with Gasteiger partial charge in [0.25, 0.3) is 5.91 Å². The molecule has 35 heavy (non-hydrogen) atoms. The van der Waals surface area contributed by atoms with Gasteiger partial charge in [-0.25, -0.2) is 10.2 Å². The summed E-state index contributed by atoms with van der Waals surface area (Å²) in [6, 6.07) is 14.7. The number of halogens is 2. The van der Waals surface area contributed by atoms with Crippen LogP contribution in [0.3, 0.4) is 0 Å². The molecule has 0 fully saturated rings. The summed E-state index contributed by atoms with van der Waals surface area (Å²) in [5.74, 6) is 0.291. The van der Waals surface area contributed by atoms with Gasteiger partial charge < -0.3 is 18.9 Å². The third-order valence-corrected chi connectivity index (χ3v) is 5.41. The Hall–Kier alpha value is -3.56. The first-order valence-electron chi connectivity index (χ1n) is 10.4. The summed E-state index contributed by atoms with van der Waals surface area (Å²) in [6.45, 7) is 2.10. The Kier molecular flexibility index (Phi) is 9.11. The summed E-state index contributed by atoms with van der Waals surface area (Å²) < 4.78 is 22.2. The molecule has 3 aromatic rings. The highest BCUT2D eigenvalue weighted by molar-refractivity contribution is 9.10. The van der Waals surface area contributed by atoms with Crippen molar-refractivity contribution in [3.05, 3.63) is 80.8 Å². The Morgan fingerprint density at radius 2 is 1.77 bits per heavy atom. The van der Waals surface area contributed by atoms with Gasteiger partial charge in [-0.1, -0.05) is 27.5 Å². The van der Waals surface area contributed by atoms with Crippen molar-refractivity contribution in [3.8, 4) is 23.0 Å². The Labute approximate surface area is 215 Å². The van der Waals surface area contributed by atoms with Crippen LogP contribution in [-0.4, -0.2) is 38.9 Å². The number of carbonyl (C=O) groups is 2. The lowest BCUT2D eigenvalue weighted by Crippen LogP contribution is -2.18. The SMILES string of the molecule is CCOc1cc(/C=N\NC(=O)c2cc(Br)ccc2OC)cc(Cl)c1OC(=O)c1ccc(OC)cc1. The third-order valence-electron chi connectivity index (χ3n) is 4.64. The van der Waals surface area contributed by atoms with E-state index in [1.165, 1.54) is 26.5 Å². The number of hydrazone groups is 1. The lowest BCUT2D eigenvalue weighted by molar-refractivity contribution is 0.0728. The number of carbonyl (C=O) groups excluding carboxylic acids is 2. The molecular formula is C25H22BrClN2O6. The molecule has 0 saturated heterocycles. The molecule has 0 aliphatic carbocycles. The number of methoxy groups -OCH3 is 2. The van der Waals surface area contributed by atoms with E-state index in [4.69, 9.17) is 30.5 Å². The quantitative estimate of drug-likeness (QED) is 0.160. The third kappa shape index (κ3) is 6.74. The van der Waals surface area contributed by atoms with E-state index in [2.05, 4.69) is 26.5 Å². The monoisotopic (exact) mass is 560 g/mol. The summed E-state index contributed by atoms with van der Waals surface area (Å²) in [4.78, 5) is 25.1. The minimum absolute atomic E-state index is 0.0781. The van der Waals surface area contributed by atoms with Gasteiger partial charge in [-0.15, -0.1) is 0 Å². The molecule has 0 aliphatic rings. The van der Waals surface area contributed by atoms with Gasteiger partial charge >= 0.3 is 5.97 Å². The van der Waals surface area contributed by atoms with Crippen molar-refractivity contribution in [2.24, 2.45) is 5.10 Å². The topological polar surface area (TPSA) is 95.5 Å². The van der Waals surface area contributed by atoms with Crippen molar-refractivity contribution in [3.63, 3.8) is 0 Å². The highest BCUT2D eigenvalue weighted by Gasteiger charge is 2.18. The van der Waals surface area contributed by atoms with Crippen LogP contribution in [0.4, 0.5) is 0 Å². The normalized spacial score (nSPS) is 10.7. The molecule has 10 heteroatoms. The molecule has 0 unspecified atom stereocenters. The molecule has 8 nitrogen and oxygen atoms in total. The van der Waals surface area contributed by atoms with Crippen LogP contribution in [-0.2, 0) is 0 Å². The van der Waals surface area contributed by atoms with E-state index in [0.717, 1.165) is 4.47 Å². The maximum Gasteiger partial charge on any atom is 0.343 e. The average Bonchev–Trinajstić information content (AvgIpc) is 2.86. The van der Waals surface area contributed by atoms with Crippen LogP contribution < -0.4 is 24.4 Å². The second-order valence-corrected chi connectivity index (χ2v) is 8.25. The van der Waals surface area contributed by atoms with Gasteiger partial charge in [0.05, 0.1) is 43.2 Å². The molecule has 3 rings (SSSR count). The minimum atomic E-state index is -0.604. The Morgan fingerprint density at radius 1 is 1.03 bits per heavy atom. The average molecular weight is 562 g/mol. The maximum atomic E-state index is 12.6. The summed E-state index contributed by atoms with van der Waals surface area (Å²) >= 11 is 9.73. The summed E-state index contributed by atoms with van der Waals surface area (Å²) in [5.41, 5.74) is 3.60. The van der Waals surface area contributed by atoms with E-state index >= 15 is 0 Å².